The molecule has 0 spiro atoms. The average molecular weight is 806 g/mol. The van der Waals surface area contributed by atoms with Crippen LogP contribution in [0.15, 0.2) is 128 Å². The van der Waals surface area contributed by atoms with E-state index in [9.17, 15) is 14.4 Å². The third kappa shape index (κ3) is 9.17. The van der Waals surface area contributed by atoms with Crippen LogP contribution in [-0.4, -0.2) is 66.6 Å². The fraction of sp³-hybridized carbons (Fsp3) is 0.340. The Labute approximate surface area is 339 Å². The summed E-state index contributed by atoms with van der Waals surface area (Å²) in [4.78, 5) is 58.9. The first-order chi connectivity index (χ1) is 26.8. The maximum atomic E-state index is 15.1. The number of likely N-dealkylation sites (tertiary alicyclic amines) is 1. The largest absolute Gasteiger partial charge is 0.457 e. The highest BCUT2D eigenvalue weighted by atomic mass is 31.2. The second-order valence-electron chi connectivity index (χ2n) is 17.0. The van der Waals surface area contributed by atoms with Gasteiger partial charge in [-0.1, -0.05) is 137 Å². The summed E-state index contributed by atoms with van der Waals surface area (Å²) in [6, 6.07) is 34.9. The third-order valence-electron chi connectivity index (χ3n) is 10.8. The summed E-state index contributed by atoms with van der Waals surface area (Å²) in [5, 5.41) is 2.39. The van der Waals surface area contributed by atoms with Crippen LogP contribution in [0.4, 0.5) is 0 Å². The van der Waals surface area contributed by atoms with Gasteiger partial charge in [0.05, 0.1) is 23.6 Å². The van der Waals surface area contributed by atoms with E-state index in [0.29, 0.717) is 11.1 Å². The first kappa shape index (κ1) is 43.3. The van der Waals surface area contributed by atoms with Gasteiger partial charge in [-0.3, -0.25) is 9.59 Å². The molecular weight excluding hydrogens is 750 g/mol. The molecule has 300 valence electrons. The summed E-state index contributed by atoms with van der Waals surface area (Å²) in [6.07, 6.45) is 0.829. The number of nitrogens with zero attached hydrogens (tertiary/aromatic N) is 1. The lowest BCUT2D eigenvalue weighted by Gasteiger charge is -2.53. The van der Waals surface area contributed by atoms with Crippen LogP contribution in [0, 0.1) is 5.92 Å². The molecule has 1 saturated heterocycles. The Bertz CT molecular complexity index is 2030. The minimum Gasteiger partial charge on any atom is -0.457 e. The van der Waals surface area contributed by atoms with E-state index in [1.807, 2.05) is 97.9 Å². The molecule has 1 aliphatic heterocycles. The number of Topliss-reactive ketones (excluding diaryl/α,β-unsaturated/α-hetero) is 1. The van der Waals surface area contributed by atoms with Crippen molar-refractivity contribution in [3.63, 3.8) is 0 Å². The molecule has 10 heteroatoms. The lowest BCUT2D eigenvalue weighted by atomic mass is 9.79. The van der Waals surface area contributed by atoms with Crippen molar-refractivity contribution in [1.82, 2.24) is 4.90 Å². The molecule has 1 fully saturated rings. The first-order valence-corrected chi connectivity index (χ1v) is 24.1. The van der Waals surface area contributed by atoms with E-state index in [0.717, 1.165) is 15.9 Å². The Morgan fingerprint density at radius 1 is 0.772 bits per heavy atom. The molecule has 5 rings (SSSR count). The number of carbonyl (C=O) groups is 4. The molecular formula is C47H56NO7PSi. The van der Waals surface area contributed by atoms with Gasteiger partial charge >= 0.3 is 11.9 Å². The van der Waals surface area contributed by atoms with Crippen LogP contribution in [0.25, 0.3) is 0 Å². The third-order valence-corrected chi connectivity index (χ3v) is 19.6. The lowest BCUT2D eigenvalue weighted by Crippen LogP contribution is -2.69. The maximum Gasteiger partial charge on any atom is 0.356 e. The zero-order valence-electron chi connectivity index (χ0n) is 34.7. The van der Waals surface area contributed by atoms with Crippen LogP contribution < -0.4 is 15.9 Å². The lowest BCUT2D eigenvalue weighted by molar-refractivity contribution is -0.156. The SMILES string of the molecule is C=CCOC(=O)C(N1C(=O)[C@H]([C@H](C)O[Si](C)(C)C(C)(C)C)[C@H]1CC(=O)c1ccc(C(=O)OC(C)(C)C)cc1)=P(c1ccccc1)(c1ccccc1)c1ccccc1. The Hall–Kier alpha value is -4.82. The van der Waals surface area contributed by atoms with E-state index in [1.54, 1.807) is 49.9 Å². The summed E-state index contributed by atoms with van der Waals surface area (Å²) in [6.45, 7) is 18.5. The molecule has 0 aliphatic carbocycles. The fourth-order valence-corrected chi connectivity index (χ4v) is 12.9. The van der Waals surface area contributed by atoms with Crippen LogP contribution in [-0.2, 0) is 23.5 Å². The van der Waals surface area contributed by atoms with Crippen molar-refractivity contribution in [2.24, 2.45) is 5.92 Å². The van der Waals surface area contributed by atoms with Gasteiger partial charge in [0, 0.05) is 18.9 Å². The van der Waals surface area contributed by atoms with Gasteiger partial charge in [-0.15, -0.1) is 0 Å². The summed E-state index contributed by atoms with van der Waals surface area (Å²) in [7, 11) is -2.40. The second-order valence-corrected chi connectivity index (χ2v) is 25.1. The molecule has 0 aromatic heterocycles. The van der Waals surface area contributed by atoms with Crippen molar-refractivity contribution < 1.29 is 33.1 Å². The minimum absolute atomic E-state index is 0.0787. The average Bonchev–Trinajstić information content (AvgIpc) is 3.16. The quantitative estimate of drug-likeness (QED) is 0.0316. The van der Waals surface area contributed by atoms with Gasteiger partial charge in [-0.2, -0.15) is 0 Å². The van der Waals surface area contributed by atoms with Gasteiger partial charge in [0.25, 0.3) is 0 Å². The highest BCUT2D eigenvalue weighted by Gasteiger charge is 2.57. The number of hydrogen-bond acceptors (Lipinski definition) is 7. The van der Waals surface area contributed by atoms with E-state index in [-0.39, 0.29) is 35.2 Å². The molecule has 57 heavy (non-hydrogen) atoms. The summed E-state index contributed by atoms with van der Waals surface area (Å²) in [5.74, 6) is -2.45. The van der Waals surface area contributed by atoms with Crippen molar-refractivity contribution >= 4 is 60.2 Å². The molecule has 0 N–H and O–H groups in total. The molecule has 1 heterocycles. The number of amides is 1. The van der Waals surface area contributed by atoms with E-state index in [1.165, 1.54) is 6.08 Å². The highest BCUT2D eigenvalue weighted by Crippen LogP contribution is 2.51. The molecule has 4 aromatic rings. The zero-order chi connectivity index (χ0) is 41.8. The topological polar surface area (TPSA) is 99.2 Å². The Balaban J connectivity index is 1.77. The summed E-state index contributed by atoms with van der Waals surface area (Å²) >= 11 is 0. The van der Waals surface area contributed by atoms with Crippen molar-refractivity contribution in [1.29, 1.82) is 0 Å². The van der Waals surface area contributed by atoms with Crippen molar-refractivity contribution in [3.05, 3.63) is 139 Å². The Kier molecular flexibility index (Phi) is 13.2. The Morgan fingerprint density at radius 2 is 1.23 bits per heavy atom. The summed E-state index contributed by atoms with van der Waals surface area (Å²) < 4.78 is 18.3. The molecule has 0 radical (unpaired) electrons. The molecule has 8 nitrogen and oxygen atoms in total. The monoisotopic (exact) mass is 805 g/mol. The van der Waals surface area contributed by atoms with Crippen molar-refractivity contribution in [2.75, 3.05) is 6.61 Å². The number of benzene rings is 4. The Morgan fingerprint density at radius 3 is 1.65 bits per heavy atom. The standard InChI is InChI=1S/C47H56NO7PSi/c1-11-31-53-45(52)43(56(36-21-15-12-16-22-36,37-23-17-13-18-24-37)38-25-19-14-20-26-38)48-39(41(42(48)50)33(2)55-57(9,10)47(6,7)8)32-40(49)34-27-29-35(30-28-34)44(51)54-46(3,4)5/h11-30,33,39,41H,1,31-32H2,2-10H3/t33-,39+,41+/m0/s1. The molecule has 4 aromatic carbocycles. The van der Waals surface area contributed by atoms with Crippen LogP contribution in [0.2, 0.25) is 18.1 Å². The van der Waals surface area contributed by atoms with E-state index >= 15 is 4.79 Å². The molecule has 0 saturated carbocycles. The van der Waals surface area contributed by atoms with Gasteiger partial charge in [0.1, 0.15) is 17.6 Å². The van der Waals surface area contributed by atoms with Crippen LogP contribution in [0.5, 0.6) is 0 Å². The molecule has 0 unspecified atom stereocenters. The molecule has 3 atom stereocenters. The van der Waals surface area contributed by atoms with Gasteiger partial charge in [0.2, 0.25) is 5.91 Å². The number of β-lactam (4-membered cyclic amide) rings is 1. The predicted molar refractivity (Wildman–Crippen MR) is 234 cm³/mol. The van der Waals surface area contributed by atoms with Gasteiger partial charge in [-0.05, 0) is 73.9 Å². The molecule has 1 aliphatic rings. The number of esters is 2. The van der Waals surface area contributed by atoms with E-state index in [4.69, 9.17) is 13.9 Å². The van der Waals surface area contributed by atoms with Crippen molar-refractivity contribution in [3.8, 4) is 0 Å². The first-order valence-electron chi connectivity index (χ1n) is 19.4. The number of carbonyl (C=O) groups excluding carboxylic acids is 4. The van der Waals surface area contributed by atoms with E-state index < -0.39 is 50.8 Å². The second kappa shape index (κ2) is 17.4. The van der Waals surface area contributed by atoms with Crippen molar-refractivity contribution in [2.45, 2.75) is 90.8 Å². The number of rotatable bonds is 14. The van der Waals surface area contributed by atoms with Crippen LogP contribution >= 0.6 is 6.89 Å². The molecule has 1 amide bonds. The van der Waals surface area contributed by atoms with Gasteiger partial charge in [0.15, 0.2) is 14.1 Å². The minimum atomic E-state index is -3.21. The summed E-state index contributed by atoms with van der Waals surface area (Å²) in [5.41, 5.74) is 0.193. The van der Waals surface area contributed by atoms with Gasteiger partial charge in [-0.25, -0.2) is 9.59 Å². The normalized spacial score (nSPS) is 16.6. The van der Waals surface area contributed by atoms with Crippen LogP contribution in [0.1, 0.15) is 75.6 Å². The number of hydrogen-bond donors (Lipinski definition) is 0. The zero-order valence-corrected chi connectivity index (χ0v) is 36.5. The smallest absolute Gasteiger partial charge is 0.356 e. The predicted octanol–water partition coefficient (Wildman–Crippen LogP) is 8.31. The molecule has 0 bridgehead atoms. The van der Waals surface area contributed by atoms with Crippen LogP contribution in [0.3, 0.4) is 0 Å². The van der Waals surface area contributed by atoms with E-state index in [2.05, 4.69) is 40.4 Å². The number of ether oxygens (including phenoxy) is 2. The van der Waals surface area contributed by atoms with Gasteiger partial charge < -0.3 is 18.8 Å². The fourth-order valence-electron chi connectivity index (χ4n) is 7.08. The number of ketones is 1. The maximum absolute atomic E-state index is 15.1. The highest BCUT2D eigenvalue weighted by molar-refractivity contribution is 7.96.